The van der Waals surface area contributed by atoms with Gasteiger partial charge >= 0.3 is 33.1 Å². The van der Waals surface area contributed by atoms with E-state index in [1.807, 2.05) is 95.2 Å². The lowest BCUT2D eigenvalue weighted by Gasteiger charge is -2.32. The van der Waals surface area contributed by atoms with E-state index in [1.165, 1.54) is 0 Å². The molecule has 2 aromatic rings. The second kappa shape index (κ2) is 15.6. The quantitative estimate of drug-likeness (QED) is 0.322. The van der Waals surface area contributed by atoms with E-state index in [1.54, 1.807) is 36.4 Å². The van der Waals surface area contributed by atoms with E-state index in [0.717, 1.165) is 9.94 Å². The van der Waals surface area contributed by atoms with Crippen molar-refractivity contribution in [3.8, 4) is 11.5 Å². The summed E-state index contributed by atoms with van der Waals surface area (Å²) in [4.78, 5) is 20.5. The molecular weight excluding hydrogens is 713 g/mol. The minimum atomic E-state index is -1.000. The van der Waals surface area contributed by atoms with Crippen LogP contribution < -0.4 is 14.9 Å². The molecule has 0 saturated carbocycles. The van der Waals surface area contributed by atoms with Crippen molar-refractivity contribution < 1.29 is 57.2 Å². The van der Waals surface area contributed by atoms with Crippen LogP contribution in [-0.4, -0.2) is 90.1 Å². The number of ether oxygens (including phenoxy) is 2. The minimum Gasteiger partial charge on any atom is -0.482 e. The lowest BCUT2D eigenvalue weighted by molar-refractivity contribution is -0.140. The van der Waals surface area contributed by atoms with Gasteiger partial charge in [0.1, 0.15) is 11.5 Å². The lowest BCUT2D eigenvalue weighted by Crippen LogP contribution is -2.41. The van der Waals surface area contributed by atoms with Crippen molar-refractivity contribution in [1.82, 2.24) is 0 Å². The topological polar surface area (TPSA) is 148 Å². The third-order valence-corrected chi connectivity index (χ3v) is 10.2. The molecule has 274 valence electrons. The maximum absolute atomic E-state index is 10.4. The fourth-order valence-corrected chi connectivity index (χ4v) is 4.79. The van der Waals surface area contributed by atoms with Gasteiger partial charge in [-0.15, -0.1) is 0 Å². The molecule has 0 amide bonds. The van der Waals surface area contributed by atoms with Gasteiger partial charge in [0.15, 0.2) is 13.2 Å². The zero-order chi connectivity index (χ0) is 37.9. The molecule has 5 rings (SSSR count). The molecule has 0 unspecified atom stereocenters. The Morgan fingerprint density at radius 2 is 0.820 bits per heavy atom. The maximum atomic E-state index is 10.4. The van der Waals surface area contributed by atoms with Crippen LogP contribution in [0.1, 0.15) is 83.1 Å². The molecule has 0 bridgehead atoms. The Bertz CT molecular complexity index is 1380. The summed E-state index contributed by atoms with van der Waals surface area (Å²) >= 11 is 3.25. The summed E-state index contributed by atoms with van der Waals surface area (Å²) in [5, 5.41) is 16.8. The van der Waals surface area contributed by atoms with E-state index in [9.17, 15) is 9.59 Å². The van der Waals surface area contributed by atoms with Crippen LogP contribution in [0.3, 0.4) is 0 Å². The van der Waals surface area contributed by atoms with E-state index in [-0.39, 0.29) is 46.8 Å². The van der Waals surface area contributed by atoms with Crippen LogP contribution in [0.5, 0.6) is 11.5 Å². The highest BCUT2D eigenvalue weighted by Gasteiger charge is 2.63. The Morgan fingerprint density at radius 1 is 0.540 bits per heavy atom. The molecular formula is C34H50B3BrO12. The largest absolute Gasteiger partial charge is 0.494 e. The van der Waals surface area contributed by atoms with Crippen LogP contribution in [0.15, 0.2) is 53.0 Å². The summed E-state index contributed by atoms with van der Waals surface area (Å²) in [7, 11) is -1.37. The average Bonchev–Trinajstić information content (AvgIpc) is 3.45. The Labute approximate surface area is 305 Å². The van der Waals surface area contributed by atoms with Gasteiger partial charge in [-0.25, -0.2) is 9.59 Å². The molecule has 3 fully saturated rings. The van der Waals surface area contributed by atoms with Gasteiger partial charge < -0.3 is 47.6 Å². The molecule has 3 aliphatic heterocycles. The van der Waals surface area contributed by atoms with Crippen molar-refractivity contribution in [3.63, 3.8) is 0 Å². The number of carboxylic acid groups (broad SMARTS) is 2. The summed E-state index contributed by atoms with van der Waals surface area (Å²) in [5.74, 6) is -0.911. The van der Waals surface area contributed by atoms with Gasteiger partial charge in [-0.3, -0.25) is 0 Å². The van der Waals surface area contributed by atoms with Crippen molar-refractivity contribution in [3.05, 3.63) is 53.0 Å². The van der Waals surface area contributed by atoms with Crippen LogP contribution >= 0.6 is 15.9 Å². The molecule has 50 heavy (non-hydrogen) atoms. The van der Waals surface area contributed by atoms with Gasteiger partial charge in [-0.05, 0) is 125 Å². The summed E-state index contributed by atoms with van der Waals surface area (Å²) in [6.07, 6.45) is 0. The van der Waals surface area contributed by atoms with E-state index in [4.69, 9.17) is 47.6 Å². The fraction of sp³-hybridized carbons (Fsp3) is 0.588. The van der Waals surface area contributed by atoms with Gasteiger partial charge in [-0.1, -0.05) is 28.1 Å². The molecule has 0 aromatic heterocycles. The molecule has 0 spiro atoms. The van der Waals surface area contributed by atoms with E-state index in [2.05, 4.69) is 15.9 Å². The standard InChI is InChI=1S/C14H19BO5.C12H24B2O4.C8H7BrO3/c1-13(2)14(3,4)20-15(19-13)10-5-7-11(8-6-10)18-9-12(16)17;1-9(2)10(3,4)16-13(15-9)14-17-11(5,6)12(7,8)18-14;9-6-1-3-7(4-2-6)12-5-8(10)11/h5-8H,9H2,1-4H3,(H,16,17);1-8H3;1-4H,5H2,(H,10,11). The third-order valence-electron chi connectivity index (χ3n) is 9.71. The van der Waals surface area contributed by atoms with Gasteiger partial charge in [-0.2, -0.15) is 0 Å². The summed E-state index contributed by atoms with van der Waals surface area (Å²) in [6.45, 7) is 23.5. The number of carboxylic acids is 2. The smallest absolute Gasteiger partial charge is 0.482 e. The molecule has 0 radical (unpaired) electrons. The molecule has 3 heterocycles. The first-order chi connectivity index (χ1) is 22.8. The monoisotopic (exact) mass is 762 g/mol. The Kier molecular flexibility index (Phi) is 13.0. The second-order valence-corrected chi connectivity index (χ2v) is 16.1. The van der Waals surface area contributed by atoms with Crippen molar-refractivity contribution >= 4 is 54.5 Å². The van der Waals surface area contributed by atoms with Crippen LogP contribution in [0.25, 0.3) is 0 Å². The molecule has 12 nitrogen and oxygen atoms in total. The first kappa shape index (κ1) is 41.8. The van der Waals surface area contributed by atoms with Gasteiger partial charge in [0.2, 0.25) is 0 Å². The minimum absolute atomic E-state index is 0.304. The summed E-state index contributed by atoms with van der Waals surface area (Å²) in [5.41, 5.74) is -1.32. The maximum Gasteiger partial charge on any atom is 0.494 e. The zero-order valence-corrected chi connectivity index (χ0v) is 32.7. The molecule has 2 N–H and O–H groups in total. The molecule has 0 aliphatic carbocycles. The normalized spacial score (nSPS) is 21.7. The van der Waals surface area contributed by atoms with Gasteiger partial charge in [0, 0.05) is 4.47 Å². The molecule has 3 aliphatic rings. The number of rotatable bonds is 8. The van der Waals surface area contributed by atoms with E-state index < -0.39 is 33.1 Å². The number of benzene rings is 2. The van der Waals surface area contributed by atoms with Crippen LogP contribution in [0.2, 0.25) is 0 Å². The Hall–Kier alpha value is -2.59. The molecule has 2 aromatic carbocycles. The highest BCUT2D eigenvalue weighted by Crippen LogP contribution is 2.43. The number of halogens is 1. The van der Waals surface area contributed by atoms with Crippen molar-refractivity contribution in [2.24, 2.45) is 0 Å². The predicted octanol–water partition coefficient (Wildman–Crippen LogP) is 5.61. The molecule has 0 atom stereocenters. The zero-order valence-electron chi connectivity index (χ0n) is 31.1. The number of carbonyl (C=O) groups is 2. The number of hydrogen-bond acceptors (Lipinski definition) is 10. The SMILES string of the molecule is CC1(C)OB(B2OC(C)(C)C(C)(C)O2)OC1(C)C.CC1(C)OB(c2ccc(OCC(=O)O)cc2)OC1(C)C.O=C(O)COc1ccc(Br)cc1. The van der Waals surface area contributed by atoms with Crippen LogP contribution in [-0.2, 0) is 37.5 Å². The first-order valence-corrected chi connectivity index (χ1v) is 17.2. The fourth-order valence-electron chi connectivity index (χ4n) is 4.52. The highest BCUT2D eigenvalue weighted by molar-refractivity contribution is 9.10. The first-order valence-electron chi connectivity index (χ1n) is 16.4. The van der Waals surface area contributed by atoms with E-state index >= 15 is 0 Å². The number of hydrogen-bond donors (Lipinski definition) is 2. The van der Waals surface area contributed by atoms with Gasteiger partial charge in [0.25, 0.3) is 0 Å². The van der Waals surface area contributed by atoms with Crippen molar-refractivity contribution in [2.45, 2.75) is 117 Å². The second-order valence-electron chi connectivity index (χ2n) is 15.2. The van der Waals surface area contributed by atoms with E-state index in [0.29, 0.717) is 11.5 Å². The highest BCUT2D eigenvalue weighted by atomic mass is 79.9. The van der Waals surface area contributed by atoms with Crippen LogP contribution in [0, 0.1) is 0 Å². The summed E-state index contributed by atoms with van der Waals surface area (Å²) in [6, 6.07) is 14.0. The predicted molar refractivity (Wildman–Crippen MR) is 195 cm³/mol. The summed E-state index contributed by atoms with van der Waals surface area (Å²) < 4.78 is 46.6. The molecule has 16 heteroatoms. The molecule has 3 saturated heterocycles. The van der Waals surface area contributed by atoms with Crippen molar-refractivity contribution in [1.29, 1.82) is 0 Å². The van der Waals surface area contributed by atoms with Crippen molar-refractivity contribution in [2.75, 3.05) is 13.2 Å². The van der Waals surface area contributed by atoms with Gasteiger partial charge in [0.05, 0.1) is 33.6 Å². The Balaban J connectivity index is 0.000000209. The third kappa shape index (κ3) is 10.5. The average molecular weight is 763 g/mol. The lowest BCUT2D eigenvalue weighted by atomic mass is 9.49. The Morgan fingerprint density at radius 3 is 1.12 bits per heavy atom. The van der Waals surface area contributed by atoms with Crippen LogP contribution in [0.4, 0.5) is 0 Å². The number of aliphatic carboxylic acids is 2.